The number of aliphatic imine (C=N–C) groups is 1. The molecule has 0 radical (unpaired) electrons. The Morgan fingerprint density at radius 3 is 2.53 bits per heavy atom. The number of rotatable bonds is 13. The highest BCUT2D eigenvalue weighted by Gasteiger charge is 2.19. The Morgan fingerprint density at radius 2 is 1.94 bits per heavy atom. The van der Waals surface area contributed by atoms with Crippen LogP contribution in [0.5, 0.6) is 0 Å². The molecule has 0 fully saturated rings. The first-order chi connectivity index (χ1) is 16.4. The molecule has 184 valence electrons. The van der Waals surface area contributed by atoms with Crippen LogP contribution in [-0.2, 0) is 13.0 Å². The van der Waals surface area contributed by atoms with Crippen molar-refractivity contribution in [3.05, 3.63) is 89.3 Å². The van der Waals surface area contributed by atoms with E-state index in [1.54, 1.807) is 0 Å². The SMILES string of the molecule is C=C/C(=C\N(C)CC)C(=C)C=NC1CC=C(N(CCCC)c2cc(CC)cc(CN)c2)C=C1C. The van der Waals surface area contributed by atoms with Crippen molar-refractivity contribution in [3.63, 3.8) is 0 Å². The lowest BCUT2D eigenvalue weighted by molar-refractivity contribution is 0.482. The standard InChI is InChI=1S/C30H44N4/c1-8-12-15-34(29-18-25(9-2)17-26(19-29)20-31)28-13-14-30(23(5)16-28)32-21-24(6)27(10-3)22-33(7)11-4/h10,13,16-19,21-22,30H,3,6,8-9,11-12,14-15,20,31H2,1-2,4-5,7H3/b27-22+,32-21?. The lowest BCUT2D eigenvalue weighted by Gasteiger charge is -2.30. The van der Waals surface area contributed by atoms with Gasteiger partial charge in [0.15, 0.2) is 0 Å². The fraction of sp³-hybridized carbons (Fsp3) is 0.433. The predicted molar refractivity (Wildman–Crippen MR) is 150 cm³/mol. The molecule has 4 nitrogen and oxygen atoms in total. The van der Waals surface area contributed by atoms with Crippen LogP contribution in [0.2, 0.25) is 0 Å². The summed E-state index contributed by atoms with van der Waals surface area (Å²) >= 11 is 0. The summed E-state index contributed by atoms with van der Waals surface area (Å²) in [5.74, 6) is 0. The molecule has 4 heteroatoms. The first-order valence-electron chi connectivity index (χ1n) is 12.6. The van der Waals surface area contributed by atoms with E-state index in [1.165, 1.54) is 28.1 Å². The Kier molecular flexibility index (Phi) is 11.1. The number of unbranched alkanes of at least 4 members (excludes halogenated alkanes) is 1. The number of allylic oxidation sites excluding steroid dienone is 4. The quantitative estimate of drug-likeness (QED) is 0.268. The van der Waals surface area contributed by atoms with E-state index in [0.717, 1.165) is 49.9 Å². The molecule has 0 amide bonds. The molecule has 1 aliphatic rings. The second-order valence-electron chi connectivity index (χ2n) is 9.00. The van der Waals surface area contributed by atoms with E-state index < -0.39 is 0 Å². The summed E-state index contributed by atoms with van der Waals surface area (Å²) in [7, 11) is 2.05. The molecule has 34 heavy (non-hydrogen) atoms. The third-order valence-electron chi connectivity index (χ3n) is 6.35. The largest absolute Gasteiger partial charge is 0.380 e. The summed E-state index contributed by atoms with van der Waals surface area (Å²) in [6, 6.07) is 6.90. The van der Waals surface area contributed by atoms with Crippen LogP contribution in [0.4, 0.5) is 5.69 Å². The zero-order valence-electron chi connectivity index (χ0n) is 22.0. The average Bonchev–Trinajstić information content (AvgIpc) is 2.86. The molecular weight excluding hydrogens is 416 g/mol. The number of anilines is 1. The number of benzene rings is 1. The van der Waals surface area contributed by atoms with Gasteiger partial charge in [-0.2, -0.15) is 0 Å². The Bertz CT molecular complexity index is 942. The van der Waals surface area contributed by atoms with Crippen molar-refractivity contribution in [2.75, 3.05) is 25.0 Å². The molecule has 2 rings (SSSR count). The van der Waals surface area contributed by atoms with E-state index in [4.69, 9.17) is 10.7 Å². The number of hydrogen-bond acceptors (Lipinski definition) is 4. The zero-order chi connectivity index (χ0) is 25.1. The Labute approximate surface area is 207 Å². The molecule has 0 heterocycles. The van der Waals surface area contributed by atoms with E-state index in [0.29, 0.717) is 6.54 Å². The second-order valence-corrected chi connectivity index (χ2v) is 9.00. The predicted octanol–water partition coefficient (Wildman–Crippen LogP) is 6.57. The van der Waals surface area contributed by atoms with E-state index in [1.807, 2.05) is 19.3 Å². The van der Waals surface area contributed by atoms with Gasteiger partial charge in [0.1, 0.15) is 0 Å². The minimum Gasteiger partial charge on any atom is -0.380 e. The maximum absolute atomic E-state index is 6.00. The maximum Gasteiger partial charge on any atom is 0.0745 e. The molecule has 1 atom stereocenters. The van der Waals surface area contributed by atoms with E-state index >= 15 is 0 Å². The zero-order valence-corrected chi connectivity index (χ0v) is 22.0. The van der Waals surface area contributed by atoms with Crippen LogP contribution in [0.15, 0.2) is 83.2 Å². The van der Waals surface area contributed by atoms with Crippen molar-refractivity contribution >= 4 is 11.9 Å². The summed E-state index contributed by atoms with van der Waals surface area (Å²) in [5, 5.41) is 0. The smallest absolute Gasteiger partial charge is 0.0745 e. The van der Waals surface area contributed by atoms with Crippen molar-refractivity contribution < 1.29 is 0 Å². The van der Waals surface area contributed by atoms with Crippen LogP contribution in [0.1, 0.15) is 58.1 Å². The Morgan fingerprint density at radius 1 is 1.21 bits per heavy atom. The third-order valence-corrected chi connectivity index (χ3v) is 6.35. The summed E-state index contributed by atoms with van der Waals surface area (Å²) in [6.45, 7) is 19.4. The Hall–Kier alpha value is -2.85. The van der Waals surface area contributed by atoms with Gasteiger partial charge in [-0.1, -0.05) is 51.6 Å². The molecular formula is C30H44N4. The van der Waals surface area contributed by atoms with Gasteiger partial charge >= 0.3 is 0 Å². The number of aryl methyl sites for hydroxylation is 1. The van der Waals surface area contributed by atoms with Gasteiger partial charge in [-0.3, -0.25) is 4.99 Å². The third kappa shape index (κ3) is 7.59. The van der Waals surface area contributed by atoms with Crippen LogP contribution in [0.3, 0.4) is 0 Å². The monoisotopic (exact) mass is 460 g/mol. The van der Waals surface area contributed by atoms with Gasteiger partial charge in [0.25, 0.3) is 0 Å². The van der Waals surface area contributed by atoms with E-state index in [-0.39, 0.29) is 6.04 Å². The van der Waals surface area contributed by atoms with Gasteiger partial charge in [0, 0.05) is 50.5 Å². The molecule has 2 N–H and O–H groups in total. The number of nitrogens with zero attached hydrogens (tertiary/aromatic N) is 3. The maximum atomic E-state index is 6.00. The van der Waals surface area contributed by atoms with Crippen molar-refractivity contribution in [2.45, 2.75) is 66.0 Å². The average molecular weight is 461 g/mol. The highest BCUT2D eigenvalue weighted by molar-refractivity contribution is 5.85. The molecule has 1 unspecified atom stereocenters. The normalized spacial score (nSPS) is 16.3. The van der Waals surface area contributed by atoms with Crippen molar-refractivity contribution in [3.8, 4) is 0 Å². The van der Waals surface area contributed by atoms with Crippen LogP contribution >= 0.6 is 0 Å². The molecule has 1 aromatic rings. The molecule has 0 saturated heterocycles. The highest BCUT2D eigenvalue weighted by Crippen LogP contribution is 2.29. The summed E-state index contributed by atoms with van der Waals surface area (Å²) in [4.78, 5) is 9.43. The minimum atomic E-state index is 0.130. The first kappa shape index (κ1) is 27.4. The second kappa shape index (κ2) is 13.8. The summed E-state index contributed by atoms with van der Waals surface area (Å²) < 4.78 is 0. The molecule has 0 spiro atoms. The fourth-order valence-corrected chi connectivity index (χ4v) is 3.97. The summed E-state index contributed by atoms with van der Waals surface area (Å²) in [5.41, 5.74) is 14.2. The van der Waals surface area contributed by atoms with Gasteiger partial charge in [0.2, 0.25) is 0 Å². The van der Waals surface area contributed by atoms with Gasteiger partial charge in [0.05, 0.1) is 6.04 Å². The van der Waals surface area contributed by atoms with Crippen molar-refractivity contribution in [2.24, 2.45) is 10.7 Å². The van der Waals surface area contributed by atoms with Crippen LogP contribution in [0.25, 0.3) is 0 Å². The van der Waals surface area contributed by atoms with Crippen LogP contribution in [0, 0.1) is 0 Å². The van der Waals surface area contributed by atoms with E-state index in [2.05, 4.69) is 87.2 Å². The lowest BCUT2D eigenvalue weighted by atomic mass is 9.97. The molecule has 1 aliphatic carbocycles. The Balaban J connectivity index is 2.25. The van der Waals surface area contributed by atoms with Gasteiger partial charge in [-0.05, 0) is 79.2 Å². The molecule has 0 aliphatic heterocycles. The number of hydrogen-bond donors (Lipinski definition) is 1. The van der Waals surface area contributed by atoms with Crippen molar-refractivity contribution in [1.82, 2.24) is 4.90 Å². The van der Waals surface area contributed by atoms with E-state index in [9.17, 15) is 0 Å². The molecule has 0 bridgehead atoms. The molecule has 0 aromatic heterocycles. The van der Waals surface area contributed by atoms with Crippen molar-refractivity contribution in [1.29, 1.82) is 0 Å². The van der Waals surface area contributed by atoms with Crippen LogP contribution < -0.4 is 10.6 Å². The lowest BCUT2D eigenvalue weighted by Crippen LogP contribution is -2.26. The number of nitrogens with two attached hydrogens (primary N) is 1. The van der Waals surface area contributed by atoms with Gasteiger partial charge in [-0.25, -0.2) is 0 Å². The first-order valence-corrected chi connectivity index (χ1v) is 12.6. The highest BCUT2D eigenvalue weighted by atomic mass is 15.1. The minimum absolute atomic E-state index is 0.130. The topological polar surface area (TPSA) is 44.9 Å². The van der Waals surface area contributed by atoms with Gasteiger partial charge in [-0.15, -0.1) is 0 Å². The summed E-state index contributed by atoms with van der Waals surface area (Å²) in [6.07, 6.45) is 14.6. The molecule has 1 aromatic carbocycles. The molecule has 0 saturated carbocycles. The van der Waals surface area contributed by atoms with Gasteiger partial charge < -0.3 is 15.5 Å². The van der Waals surface area contributed by atoms with Crippen LogP contribution in [-0.4, -0.2) is 37.3 Å². The fourth-order valence-electron chi connectivity index (χ4n) is 3.97.